The molecular formula is C15H24N2O. The van der Waals surface area contributed by atoms with Crippen LogP contribution in [0.5, 0.6) is 0 Å². The third kappa shape index (κ3) is 3.30. The standard InChI is InChI=1S/C15H24N2O/c1-3-15-13(7-9-18-15)14(17-4-2)10-12-6-5-8-16-11-12/h5-6,8,11,13-15,17H,3-4,7,9-10H2,1-2H3. The molecule has 3 nitrogen and oxygen atoms in total. The smallest absolute Gasteiger partial charge is 0.0616 e. The molecule has 0 aliphatic carbocycles. The third-order valence-corrected chi connectivity index (χ3v) is 3.82. The maximum absolute atomic E-state index is 5.82. The van der Waals surface area contributed by atoms with Crippen molar-refractivity contribution in [3.8, 4) is 0 Å². The Hall–Kier alpha value is -0.930. The summed E-state index contributed by atoms with van der Waals surface area (Å²) in [6, 6.07) is 4.68. The average molecular weight is 248 g/mol. The van der Waals surface area contributed by atoms with E-state index in [9.17, 15) is 0 Å². The van der Waals surface area contributed by atoms with Gasteiger partial charge in [-0.15, -0.1) is 0 Å². The summed E-state index contributed by atoms with van der Waals surface area (Å²) in [5, 5.41) is 3.63. The van der Waals surface area contributed by atoms with Crippen LogP contribution >= 0.6 is 0 Å². The predicted molar refractivity (Wildman–Crippen MR) is 73.5 cm³/mol. The van der Waals surface area contributed by atoms with Crippen molar-refractivity contribution < 1.29 is 4.74 Å². The Morgan fingerprint density at radius 1 is 1.50 bits per heavy atom. The largest absolute Gasteiger partial charge is 0.378 e. The van der Waals surface area contributed by atoms with E-state index < -0.39 is 0 Å². The van der Waals surface area contributed by atoms with Crippen molar-refractivity contribution in [2.75, 3.05) is 13.2 Å². The van der Waals surface area contributed by atoms with Gasteiger partial charge in [-0.3, -0.25) is 4.98 Å². The van der Waals surface area contributed by atoms with E-state index in [1.165, 1.54) is 12.0 Å². The highest BCUT2D eigenvalue weighted by Gasteiger charge is 2.33. The first-order chi connectivity index (χ1) is 8.85. The molecule has 0 amide bonds. The molecule has 1 aliphatic rings. The van der Waals surface area contributed by atoms with Crippen molar-refractivity contribution in [1.29, 1.82) is 0 Å². The van der Waals surface area contributed by atoms with Crippen LogP contribution in [-0.2, 0) is 11.2 Å². The van der Waals surface area contributed by atoms with Gasteiger partial charge in [0.25, 0.3) is 0 Å². The number of nitrogens with zero attached hydrogens (tertiary/aromatic N) is 1. The van der Waals surface area contributed by atoms with Gasteiger partial charge in [0.15, 0.2) is 0 Å². The summed E-state index contributed by atoms with van der Waals surface area (Å²) in [4.78, 5) is 4.20. The van der Waals surface area contributed by atoms with Gasteiger partial charge >= 0.3 is 0 Å². The van der Waals surface area contributed by atoms with Gasteiger partial charge in [0.1, 0.15) is 0 Å². The Labute approximate surface area is 110 Å². The van der Waals surface area contributed by atoms with Crippen LogP contribution in [0.15, 0.2) is 24.5 Å². The minimum Gasteiger partial charge on any atom is -0.378 e. The molecule has 0 bridgehead atoms. The Balaban J connectivity index is 2.03. The molecule has 100 valence electrons. The lowest BCUT2D eigenvalue weighted by Gasteiger charge is -2.28. The van der Waals surface area contributed by atoms with E-state index in [1.54, 1.807) is 0 Å². The van der Waals surface area contributed by atoms with Crippen LogP contribution < -0.4 is 5.32 Å². The fraction of sp³-hybridized carbons (Fsp3) is 0.667. The van der Waals surface area contributed by atoms with Gasteiger partial charge in [-0.05, 0) is 37.4 Å². The maximum atomic E-state index is 5.82. The number of aromatic nitrogens is 1. The zero-order valence-corrected chi connectivity index (χ0v) is 11.4. The highest BCUT2D eigenvalue weighted by atomic mass is 16.5. The maximum Gasteiger partial charge on any atom is 0.0616 e. The zero-order valence-electron chi connectivity index (χ0n) is 11.4. The van der Waals surface area contributed by atoms with Crippen LogP contribution in [0.2, 0.25) is 0 Å². The molecule has 0 radical (unpaired) electrons. The van der Waals surface area contributed by atoms with E-state index >= 15 is 0 Å². The highest BCUT2D eigenvalue weighted by molar-refractivity contribution is 5.11. The van der Waals surface area contributed by atoms with E-state index in [2.05, 4.69) is 30.2 Å². The lowest BCUT2D eigenvalue weighted by atomic mass is 9.87. The van der Waals surface area contributed by atoms with E-state index in [0.29, 0.717) is 18.1 Å². The number of hydrogen-bond donors (Lipinski definition) is 1. The van der Waals surface area contributed by atoms with Gasteiger partial charge in [0.05, 0.1) is 6.10 Å². The Morgan fingerprint density at radius 2 is 2.39 bits per heavy atom. The molecule has 1 aliphatic heterocycles. The van der Waals surface area contributed by atoms with Crippen LogP contribution in [0.25, 0.3) is 0 Å². The van der Waals surface area contributed by atoms with Crippen LogP contribution in [0.4, 0.5) is 0 Å². The summed E-state index contributed by atoms with van der Waals surface area (Å²) in [6.45, 7) is 6.32. The Morgan fingerprint density at radius 3 is 3.06 bits per heavy atom. The Kier molecular flexibility index (Phi) is 5.14. The fourth-order valence-corrected chi connectivity index (χ4v) is 2.96. The highest BCUT2D eigenvalue weighted by Crippen LogP contribution is 2.28. The molecule has 1 aromatic rings. The third-order valence-electron chi connectivity index (χ3n) is 3.82. The molecule has 1 saturated heterocycles. The molecule has 18 heavy (non-hydrogen) atoms. The van der Waals surface area contributed by atoms with Crippen molar-refractivity contribution in [2.24, 2.45) is 5.92 Å². The van der Waals surface area contributed by atoms with Gasteiger partial charge in [0.2, 0.25) is 0 Å². The first-order valence-corrected chi connectivity index (χ1v) is 7.09. The van der Waals surface area contributed by atoms with Gasteiger partial charge in [-0.2, -0.15) is 0 Å². The normalized spacial score (nSPS) is 25.2. The molecule has 3 heteroatoms. The van der Waals surface area contributed by atoms with Crippen LogP contribution in [-0.4, -0.2) is 30.3 Å². The molecule has 0 spiro atoms. The quantitative estimate of drug-likeness (QED) is 0.839. The number of ether oxygens (including phenoxy) is 1. The summed E-state index contributed by atoms with van der Waals surface area (Å²) in [5.41, 5.74) is 1.31. The summed E-state index contributed by atoms with van der Waals surface area (Å²) >= 11 is 0. The average Bonchev–Trinajstić information content (AvgIpc) is 2.87. The first-order valence-electron chi connectivity index (χ1n) is 7.09. The van der Waals surface area contributed by atoms with Gasteiger partial charge in [-0.25, -0.2) is 0 Å². The minimum absolute atomic E-state index is 0.422. The molecule has 1 fully saturated rings. The molecule has 3 unspecified atom stereocenters. The number of nitrogens with one attached hydrogen (secondary N) is 1. The number of rotatable bonds is 6. The second kappa shape index (κ2) is 6.86. The number of likely N-dealkylation sites (N-methyl/N-ethyl adjacent to an activating group) is 1. The summed E-state index contributed by atoms with van der Waals surface area (Å²) in [5.74, 6) is 0.634. The lowest BCUT2D eigenvalue weighted by Crippen LogP contribution is -2.41. The summed E-state index contributed by atoms with van der Waals surface area (Å²) in [6.07, 6.45) is 7.56. The zero-order chi connectivity index (χ0) is 12.8. The minimum atomic E-state index is 0.422. The molecule has 2 rings (SSSR count). The van der Waals surface area contributed by atoms with Crippen LogP contribution in [0.1, 0.15) is 32.3 Å². The van der Waals surface area contributed by atoms with Crippen molar-refractivity contribution in [3.05, 3.63) is 30.1 Å². The van der Waals surface area contributed by atoms with Crippen LogP contribution in [0, 0.1) is 5.92 Å². The van der Waals surface area contributed by atoms with E-state index in [1.807, 2.05) is 18.5 Å². The fourth-order valence-electron chi connectivity index (χ4n) is 2.96. The monoisotopic (exact) mass is 248 g/mol. The van der Waals surface area contributed by atoms with E-state index in [-0.39, 0.29) is 0 Å². The second-order valence-corrected chi connectivity index (χ2v) is 5.00. The van der Waals surface area contributed by atoms with Crippen molar-refractivity contribution in [1.82, 2.24) is 10.3 Å². The molecule has 0 saturated carbocycles. The molecule has 1 N–H and O–H groups in total. The summed E-state index contributed by atoms with van der Waals surface area (Å²) < 4.78 is 5.82. The number of hydrogen-bond acceptors (Lipinski definition) is 3. The summed E-state index contributed by atoms with van der Waals surface area (Å²) in [7, 11) is 0. The van der Waals surface area contributed by atoms with E-state index in [4.69, 9.17) is 4.74 Å². The topological polar surface area (TPSA) is 34.2 Å². The van der Waals surface area contributed by atoms with E-state index in [0.717, 1.165) is 26.0 Å². The predicted octanol–water partition coefficient (Wildman–Crippen LogP) is 2.42. The Bertz CT molecular complexity index is 342. The molecule has 1 aromatic heterocycles. The number of pyridine rings is 1. The van der Waals surface area contributed by atoms with Crippen molar-refractivity contribution in [2.45, 2.75) is 45.3 Å². The molecule has 2 heterocycles. The lowest BCUT2D eigenvalue weighted by molar-refractivity contribution is 0.0776. The van der Waals surface area contributed by atoms with Crippen molar-refractivity contribution in [3.63, 3.8) is 0 Å². The molecule has 3 atom stereocenters. The van der Waals surface area contributed by atoms with Crippen molar-refractivity contribution >= 4 is 0 Å². The molecule has 0 aromatic carbocycles. The van der Waals surface area contributed by atoms with Gasteiger partial charge in [0, 0.05) is 31.0 Å². The van der Waals surface area contributed by atoms with Crippen LogP contribution in [0.3, 0.4) is 0 Å². The SMILES string of the molecule is CCNC(Cc1cccnc1)C1CCOC1CC. The van der Waals surface area contributed by atoms with Gasteiger partial charge in [-0.1, -0.05) is 19.9 Å². The first kappa shape index (κ1) is 13.5. The molecular weight excluding hydrogens is 224 g/mol. The second-order valence-electron chi connectivity index (χ2n) is 5.00. The van der Waals surface area contributed by atoms with Gasteiger partial charge < -0.3 is 10.1 Å².